The van der Waals surface area contributed by atoms with Crippen LogP contribution in [0, 0.1) is 0 Å². The van der Waals surface area contributed by atoms with E-state index in [2.05, 4.69) is 16.1 Å². The highest BCUT2D eigenvalue weighted by Gasteiger charge is 2.07. The van der Waals surface area contributed by atoms with Gasteiger partial charge in [-0.05, 0) is 18.2 Å². The second-order valence-electron chi connectivity index (χ2n) is 2.44. The van der Waals surface area contributed by atoms with Gasteiger partial charge in [-0.25, -0.2) is 0 Å². The quantitative estimate of drug-likeness (QED) is 0.352. The Hall–Kier alpha value is -1.42. The molecule has 0 aliphatic carbocycles. The predicted molar refractivity (Wildman–Crippen MR) is 46.4 cm³/mol. The van der Waals surface area contributed by atoms with Gasteiger partial charge in [-0.3, -0.25) is 5.84 Å². The summed E-state index contributed by atoms with van der Waals surface area (Å²) in [5.74, 6) is 5.25. The van der Waals surface area contributed by atoms with Crippen molar-refractivity contribution in [3.8, 4) is 0 Å². The molecule has 1 heterocycles. The summed E-state index contributed by atoms with van der Waals surface area (Å²) in [6.45, 7) is 0.795. The first-order valence-corrected chi connectivity index (χ1v) is 3.48. The zero-order chi connectivity index (χ0) is 7.68. The van der Waals surface area contributed by atoms with Crippen molar-refractivity contribution in [3.05, 3.63) is 18.2 Å². The number of nitrogens with two attached hydrogens (primary N) is 1. The number of fused-ring (bicyclic) bond motifs is 1. The molecule has 1 aromatic carbocycles. The van der Waals surface area contributed by atoms with Crippen LogP contribution in [0.25, 0.3) is 0 Å². The van der Waals surface area contributed by atoms with E-state index >= 15 is 0 Å². The van der Waals surface area contributed by atoms with Crippen LogP contribution in [-0.4, -0.2) is 6.67 Å². The fourth-order valence-corrected chi connectivity index (χ4v) is 1.17. The molecule has 0 saturated carbocycles. The van der Waals surface area contributed by atoms with Gasteiger partial charge in [0.25, 0.3) is 0 Å². The van der Waals surface area contributed by atoms with E-state index in [-0.39, 0.29) is 0 Å². The Morgan fingerprint density at radius 2 is 2.09 bits per heavy atom. The lowest BCUT2D eigenvalue weighted by atomic mass is 10.2. The topological polar surface area (TPSA) is 62.1 Å². The van der Waals surface area contributed by atoms with Gasteiger partial charge in [-0.15, -0.1) is 0 Å². The summed E-state index contributed by atoms with van der Waals surface area (Å²) in [4.78, 5) is 0. The molecule has 58 valence electrons. The molecule has 4 heteroatoms. The van der Waals surface area contributed by atoms with E-state index in [0.29, 0.717) is 0 Å². The van der Waals surface area contributed by atoms with Crippen molar-refractivity contribution < 1.29 is 0 Å². The molecule has 1 aromatic rings. The molecule has 0 atom stereocenters. The molecular weight excluding hydrogens is 140 g/mol. The number of hydrogen-bond donors (Lipinski definition) is 4. The monoisotopic (exact) mass is 150 g/mol. The standard InChI is InChI=1S/C7H10N4/c8-11-5-1-2-6-7(3-5)10-4-9-6/h1-3,9-11H,4,8H2. The molecule has 11 heavy (non-hydrogen) atoms. The van der Waals surface area contributed by atoms with E-state index in [1.807, 2.05) is 18.2 Å². The van der Waals surface area contributed by atoms with E-state index in [0.717, 1.165) is 23.7 Å². The van der Waals surface area contributed by atoms with Gasteiger partial charge in [-0.2, -0.15) is 0 Å². The highest BCUT2D eigenvalue weighted by Crippen LogP contribution is 2.28. The number of hydrogen-bond acceptors (Lipinski definition) is 4. The summed E-state index contributed by atoms with van der Waals surface area (Å²) < 4.78 is 0. The maximum atomic E-state index is 5.25. The molecule has 0 amide bonds. The molecule has 0 aromatic heterocycles. The van der Waals surface area contributed by atoms with Crippen LogP contribution in [0.2, 0.25) is 0 Å². The summed E-state index contributed by atoms with van der Waals surface area (Å²) >= 11 is 0. The van der Waals surface area contributed by atoms with E-state index in [1.54, 1.807) is 0 Å². The van der Waals surface area contributed by atoms with E-state index in [1.165, 1.54) is 0 Å². The van der Waals surface area contributed by atoms with E-state index in [9.17, 15) is 0 Å². The van der Waals surface area contributed by atoms with Gasteiger partial charge in [0.05, 0.1) is 23.7 Å². The van der Waals surface area contributed by atoms with Gasteiger partial charge in [0.1, 0.15) is 0 Å². The predicted octanol–water partition coefficient (Wildman–Crippen LogP) is 0.767. The largest absolute Gasteiger partial charge is 0.366 e. The molecule has 1 aliphatic heterocycles. The fourth-order valence-electron chi connectivity index (χ4n) is 1.17. The number of nitrogens with one attached hydrogen (secondary N) is 3. The molecule has 1 aliphatic rings. The van der Waals surface area contributed by atoms with Crippen LogP contribution in [0.5, 0.6) is 0 Å². The van der Waals surface area contributed by atoms with Crippen LogP contribution in [-0.2, 0) is 0 Å². The Kier molecular flexibility index (Phi) is 1.33. The molecule has 0 spiro atoms. The summed E-state index contributed by atoms with van der Waals surface area (Å²) in [5, 5.41) is 6.34. The van der Waals surface area contributed by atoms with Crippen LogP contribution in [0.1, 0.15) is 0 Å². The van der Waals surface area contributed by atoms with Crippen LogP contribution >= 0.6 is 0 Å². The third kappa shape index (κ3) is 0.969. The number of rotatable bonds is 1. The van der Waals surface area contributed by atoms with Crippen molar-refractivity contribution in [2.24, 2.45) is 5.84 Å². The molecule has 4 nitrogen and oxygen atoms in total. The minimum atomic E-state index is 0.795. The molecule has 0 saturated heterocycles. The molecule has 0 bridgehead atoms. The van der Waals surface area contributed by atoms with Crippen molar-refractivity contribution >= 4 is 17.1 Å². The lowest BCUT2D eigenvalue weighted by Crippen LogP contribution is -2.06. The Balaban J connectivity index is 2.41. The van der Waals surface area contributed by atoms with Crippen LogP contribution in [0.15, 0.2) is 18.2 Å². The number of anilines is 3. The van der Waals surface area contributed by atoms with Crippen molar-refractivity contribution in [1.29, 1.82) is 0 Å². The highest BCUT2D eigenvalue weighted by atomic mass is 15.2. The van der Waals surface area contributed by atoms with Gasteiger partial charge in [-0.1, -0.05) is 0 Å². The van der Waals surface area contributed by atoms with Gasteiger partial charge >= 0.3 is 0 Å². The highest BCUT2D eigenvalue weighted by molar-refractivity contribution is 5.77. The third-order valence-electron chi connectivity index (χ3n) is 1.74. The lowest BCUT2D eigenvalue weighted by Gasteiger charge is -2.02. The molecule has 0 fully saturated rings. The van der Waals surface area contributed by atoms with E-state index < -0.39 is 0 Å². The first kappa shape index (κ1) is 6.30. The maximum Gasteiger partial charge on any atom is 0.0850 e. The Labute approximate surface area is 64.8 Å². The molecule has 0 radical (unpaired) electrons. The van der Waals surface area contributed by atoms with Gasteiger partial charge < -0.3 is 16.1 Å². The smallest absolute Gasteiger partial charge is 0.0850 e. The maximum absolute atomic E-state index is 5.25. The van der Waals surface area contributed by atoms with Crippen molar-refractivity contribution in [1.82, 2.24) is 0 Å². The Morgan fingerprint density at radius 1 is 1.27 bits per heavy atom. The minimum Gasteiger partial charge on any atom is -0.366 e. The first-order chi connectivity index (χ1) is 5.40. The zero-order valence-electron chi connectivity index (χ0n) is 6.02. The van der Waals surface area contributed by atoms with Crippen LogP contribution in [0.4, 0.5) is 17.1 Å². The Morgan fingerprint density at radius 3 is 2.91 bits per heavy atom. The van der Waals surface area contributed by atoms with Crippen molar-refractivity contribution in [3.63, 3.8) is 0 Å². The fraction of sp³-hybridized carbons (Fsp3) is 0.143. The summed E-state index contributed by atoms with van der Waals surface area (Å²) in [6.07, 6.45) is 0. The van der Waals surface area contributed by atoms with Crippen LogP contribution < -0.4 is 21.9 Å². The second kappa shape index (κ2) is 2.32. The second-order valence-corrected chi connectivity index (χ2v) is 2.44. The number of hydrazine groups is 1. The van der Waals surface area contributed by atoms with Crippen molar-refractivity contribution in [2.75, 3.05) is 22.7 Å². The van der Waals surface area contributed by atoms with Gasteiger partial charge in [0, 0.05) is 0 Å². The number of benzene rings is 1. The summed E-state index contributed by atoms with van der Waals surface area (Å²) in [6, 6.07) is 5.89. The molecule has 2 rings (SSSR count). The Bertz CT molecular complexity index is 271. The van der Waals surface area contributed by atoms with Gasteiger partial charge in [0.2, 0.25) is 0 Å². The van der Waals surface area contributed by atoms with E-state index in [4.69, 9.17) is 5.84 Å². The van der Waals surface area contributed by atoms with Crippen molar-refractivity contribution in [2.45, 2.75) is 0 Å². The lowest BCUT2D eigenvalue weighted by molar-refractivity contribution is 1.31. The summed E-state index contributed by atoms with van der Waals surface area (Å²) in [5.41, 5.74) is 5.73. The summed E-state index contributed by atoms with van der Waals surface area (Å²) in [7, 11) is 0. The zero-order valence-corrected chi connectivity index (χ0v) is 6.02. The minimum absolute atomic E-state index is 0.795. The third-order valence-corrected chi connectivity index (χ3v) is 1.74. The average Bonchev–Trinajstić information content (AvgIpc) is 2.50. The normalized spacial score (nSPS) is 13.2. The molecular formula is C7H10N4. The molecule has 0 unspecified atom stereocenters. The average molecular weight is 150 g/mol. The first-order valence-electron chi connectivity index (χ1n) is 3.48. The molecule has 5 N–H and O–H groups in total. The number of nitrogen functional groups attached to an aromatic ring is 1. The van der Waals surface area contributed by atoms with Crippen LogP contribution in [0.3, 0.4) is 0 Å². The van der Waals surface area contributed by atoms with Gasteiger partial charge in [0.15, 0.2) is 0 Å². The SMILES string of the molecule is NNc1ccc2c(c1)NCN2.